The third-order valence-corrected chi connectivity index (χ3v) is 4.04. The van der Waals surface area contributed by atoms with Gasteiger partial charge in [-0.2, -0.15) is 0 Å². The van der Waals surface area contributed by atoms with Crippen LogP contribution in [0.3, 0.4) is 0 Å². The molecule has 0 fully saturated rings. The predicted molar refractivity (Wildman–Crippen MR) is 77.2 cm³/mol. The fourth-order valence-corrected chi connectivity index (χ4v) is 2.47. The van der Waals surface area contributed by atoms with E-state index in [9.17, 15) is 0 Å². The SMILES string of the molecule is Clc1nc(Br)[nH]c1Cl.Cn1c(Br)nc(Cl)c1Cl. The molecule has 0 atom stereocenters. The maximum absolute atomic E-state index is 5.64. The standard InChI is InChI=1S/C4H3BrCl2N2.C3HBrCl2N2/c1-9-3(7)2(6)8-4(9)5;4-3-7-1(5)2(6)8-3/h1H3;(H,7,8). The van der Waals surface area contributed by atoms with E-state index >= 15 is 0 Å². The number of hydrogen-bond donors (Lipinski definition) is 1. The average Bonchev–Trinajstić information content (AvgIpc) is 2.64. The van der Waals surface area contributed by atoms with E-state index in [1.807, 2.05) is 0 Å². The molecule has 0 saturated heterocycles. The van der Waals surface area contributed by atoms with Crippen LogP contribution in [0.2, 0.25) is 20.6 Å². The molecule has 0 spiro atoms. The highest BCUT2D eigenvalue weighted by Gasteiger charge is 2.06. The normalized spacial score (nSPS) is 10.1. The molecule has 4 nitrogen and oxygen atoms in total. The summed E-state index contributed by atoms with van der Waals surface area (Å²) in [5.74, 6) is 0. The van der Waals surface area contributed by atoms with Gasteiger partial charge in [0.1, 0.15) is 10.3 Å². The molecule has 2 aromatic heterocycles. The van der Waals surface area contributed by atoms with Crippen molar-refractivity contribution in [1.82, 2.24) is 19.5 Å². The van der Waals surface area contributed by atoms with E-state index in [-0.39, 0.29) is 0 Å². The Morgan fingerprint density at radius 2 is 1.65 bits per heavy atom. The lowest BCUT2D eigenvalue weighted by molar-refractivity contribution is 0.882. The van der Waals surface area contributed by atoms with Crippen molar-refractivity contribution in [2.45, 2.75) is 0 Å². The number of halogens is 6. The maximum Gasteiger partial charge on any atom is 0.179 e. The molecule has 0 saturated carbocycles. The predicted octanol–water partition coefficient (Wildman–Crippen LogP) is 4.97. The zero-order chi connectivity index (χ0) is 13.2. The Hall–Kier alpha value is 0.540. The van der Waals surface area contributed by atoms with E-state index in [1.54, 1.807) is 11.6 Å². The quantitative estimate of drug-likeness (QED) is 0.622. The Labute approximate surface area is 134 Å². The number of aromatic nitrogens is 4. The van der Waals surface area contributed by atoms with Crippen molar-refractivity contribution in [3.8, 4) is 0 Å². The molecule has 0 bridgehead atoms. The third kappa shape index (κ3) is 4.29. The molecule has 0 aromatic carbocycles. The van der Waals surface area contributed by atoms with Gasteiger partial charge in [-0.1, -0.05) is 46.4 Å². The Kier molecular flexibility index (Phi) is 6.09. The van der Waals surface area contributed by atoms with Gasteiger partial charge in [0.2, 0.25) is 0 Å². The van der Waals surface area contributed by atoms with E-state index in [0.29, 0.717) is 30.1 Å². The van der Waals surface area contributed by atoms with Crippen LogP contribution in [-0.2, 0) is 7.05 Å². The lowest BCUT2D eigenvalue weighted by Gasteiger charge is -1.90. The Morgan fingerprint density at radius 1 is 1.06 bits per heavy atom. The number of aromatic amines is 1. The van der Waals surface area contributed by atoms with Crippen LogP contribution in [0.15, 0.2) is 9.47 Å². The first-order valence-corrected chi connectivity index (χ1v) is 7.02. The smallest absolute Gasteiger partial charge is 0.179 e. The van der Waals surface area contributed by atoms with E-state index in [0.717, 1.165) is 0 Å². The first-order valence-electron chi connectivity index (χ1n) is 3.92. The molecule has 17 heavy (non-hydrogen) atoms. The summed E-state index contributed by atoms with van der Waals surface area (Å²) >= 11 is 28.2. The highest BCUT2D eigenvalue weighted by atomic mass is 79.9. The highest BCUT2D eigenvalue weighted by molar-refractivity contribution is 9.10. The van der Waals surface area contributed by atoms with Crippen LogP contribution in [0.1, 0.15) is 0 Å². The molecule has 2 aromatic rings. The van der Waals surface area contributed by atoms with Crippen LogP contribution in [0.4, 0.5) is 0 Å². The maximum atomic E-state index is 5.64. The summed E-state index contributed by atoms with van der Waals surface area (Å²) in [6.45, 7) is 0. The van der Waals surface area contributed by atoms with Crippen LogP contribution in [-0.4, -0.2) is 19.5 Å². The van der Waals surface area contributed by atoms with Gasteiger partial charge in [-0.15, -0.1) is 0 Å². The van der Waals surface area contributed by atoms with Gasteiger partial charge in [-0.3, -0.25) is 0 Å². The minimum atomic E-state index is 0.290. The molecule has 94 valence electrons. The zero-order valence-electron chi connectivity index (χ0n) is 8.11. The van der Waals surface area contributed by atoms with Gasteiger partial charge in [0, 0.05) is 7.05 Å². The van der Waals surface area contributed by atoms with Gasteiger partial charge >= 0.3 is 0 Å². The number of imidazole rings is 2. The lowest BCUT2D eigenvalue weighted by Crippen LogP contribution is -1.85. The van der Waals surface area contributed by atoms with E-state index < -0.39 is 0 Å². The summed E-state index contributed by atoms with van der Waals surface area (Å²) in [6.07, 6.45) is 0. The van der Waals surface area contributed by atoms with E-state index in [1.165, 1.54) is 0 Å². The molecule has 1 N–H and O–H groups in total. The van der Waals surface area contributed by atoms with Crippen molar-refractivity contribution < 1.29 is 0 Å². The van der Waals surface area contributed by atoms with Gasteiger partial charge in [0.15, 0.2) is 19.8 Å². The molecular formula is C7H4Br2Cl4N4. The molecule has 2 heterocycles. The lowest BCUT2D eigenvalue weighted by atomic mass is 10.9. The van der Waals surface area contributed by atoms with Crippen LogP contribution in [0, 0.1) is 0 Å². The van der Waals surface area contributed by atoms with Crippen molar-refractivity contribution in [2.75, 3.05) is 0 Å². The molecule has 0 aliphatic heterocycles. The largest absolute Gasteiger partial charge is 0.322 e. The van der Waals surface area contributed by atoms with E-state index in [4.69, 9.17) is 46.4 Å². The molecule has 0 aliphatic rings. The van der Waals surface area contributed by atoms with E-state index in [2.05, 4.69) is 46.8 Å². The summed E-state index contributed by atoms with van der Waals surface area (Å²) in [5.41, 5.74) is 0. The number of H-pyrrole nitrogens is 1. The van der Waals surface area contributed by atoms with Crippen LogP contribution >= 0.6 is 78.3 Å². The minimum Gasteiger partial charge on any atom is -0.322 e. The molecule has 0 unspecified atom stereocenters. The van der Waals surface area contributed by atoms with Gasteiger partial charge in [-0.05, 0) is 31.9 Å². The first kappa shape index (κ1) is 15.6. The van der Waals surface area contributed by atoms with Crippen molar-refractivity contribution >= 4 is 78.3 Å². The third-order valence-electron chi connectivity index (χ3n) is 1.52. The fourth-order valence-electron chi connectivity index (χ4n) is 0.727. The van der Waals surface area contributed by atoms with Crippen molar-refractivity contribution in [2.24, 2.45) is 7.05 Å². The van der Waals surface area contributed by atoms with Crippen molar-refractivity contribution in [3.63, 3.8) is 0 Å². The van der Waals surface area contributed by atoms with Gasteiger partial charge in [-0.25, -0.2) is 9.97 Å². The van der Waals surface area contributed by atoms with Gasteiger partial charge < -0.3 is 9.55 Å². The highest BCUT2D eigenvalue weighted by Crippen LogP contribution is 2.23. The fraction of sp³-hybridized carbons (Fsp3) is 0.143. The molecule has 0 amide bonds. The average molecular weight is 446 g/mol. The zero-order valence-corrected chi connectivity index (χ0v) is 14.3. The summed E-state index contributed by atoms with van der Waals surface area (Å²) in [4.78, 5) is 10.2. The van der Waals surface area contributed by atoms with Crippen molar-refractivity contribution in [1.29, 1.82) is 0 Å². The van der Waals surface area contributed by atoms with Gasteiger partial charge in [0.25, 0.3) is 0 Å². The summed E-state index contributed by atoms with van der Waals surface area (Å²) < 4.78 is 2.83. The summed E-state index contributed by atoms with van der Waals surface area (Å²) in [5, 5.41) is 1.42. The molecule has 10 heteroatoms. The molecule has 0 radical (unpaired) electrons. The van der Waals surface area contributed by atoms with Gasteiger partial charge in [0.05, 0.1) is 0 Å². The minimum absolute atomic E-state index is 0.290. The molecule has 2 rings (SSSR count). The second-order valence-corrected chi connectivity index (χ2v) is 5.57. The first-order chi connectivity index (χ1) is 7.82. The molecular weight excluding hydrogens is 442 g/mol. The van der Waals surface area contributed by atoms with Crippen LogP contribution < -0.4 is 0 Å². The van der Waals surface area contributed by atoms with Crippen LogP contribution in [0.25, 0.3) is 0 Å². The number of rotatable bonds is 0. The Morgan fingerprint density at radius 3 is 1.76 bits per heavy atom. The number of nitrogens with one attached hydrogen (secondary N) is 1. The van der Waals surface area contributed by atoms with Crippen molar-refractivity contribution in [3.05, 3.63) is 30.1 Å². The summed E-state index contributed by atoms with van der Waals surface area (Å²) in [6, 6.07) is 0. The van der Waals surface area contributed by atoms with Crippen LogP contribution in [0.5, 0.6) is 0 Å². The second kappa shape index (κ2) is 6.63. The number of nitrogens with zero attached hydrogens (tertiary/aromatic N) is 3. The Bertz CT molecular complexity index is 482. The second-order valence-electron chi connectivity index (χ2n) is 2.65. The monoisotopic (exact) mass is 442 g/mol. The topological polar surface area (TPSA) is 46.5 Å². The number of hydrogen-bond acceptors (Lipinski definition) is 2. The Balaban J connectivity index is 0.000000171. The molecule has 0 aliphatic carbocycles. The summed E-state index contributed by atoms with van der Waals surface area (Å²) in [7, 11) is 1.77.